The van der Waals surface area contributed by atoms with Gasteiger partial charge in [-0.25, -0.2) is 0 Å². The van der Waals surface area contributed by atoms with Crippen molar-refractivity contribution in [2.45, 2.75) is 47.0 Å². The molecule has 0 N–H and O–H groups in total. The Balaban J connectivity index is 2.47. The van der Waals surface area contributed by atoms with Crippen LogP contribution < -0.4 is 0 Å². The Morgan fingerprint density at radius 2 is 1.29 bits per heavy atom. The summed E-state index contributed by atoms with van der Waals surface area (Å²) in [6, 6.07) is 8.46. The third-order valence-electron chi connectivity index (χ3n) is 3.63. The molecule has 0 heterocycles. The molecule has 0 spiro atoms. The van der Waals surface area contributed by atoms with Crippen molar-refractivity contribution in [1.29, 1.82) is 0 Å². The fourth-order valence-electron chi connectivity index (χ4n) is 2.08. The molecule has 0 aliphatic carbocycles. The first-order valence-electron chi connectivity index (χ1n) is 8.94. The van der Waals surface area contributed by atoms with Crippen LogP contribution in [0.3, 0.4) is 0 Å². The first-order chi connectivity index (χ1) is 11.7. The molecular weight excluding hydrogens is 300 g/mol. The number of hydrogen-bond acceptors (Lipinski definition) is 3. The zero-order valence-electron chi connectivity index (χ0n) is 15.6. The van der Waals surface area contributed by atoms with Gasteiger partial charge in [0, 0.05) is 6.61 Å². The van der Waals surface area contributed by atoms with Crippen molar-refractivity contribution in [3.8, 4) is 0 Å². The Hall–Kier alpha value is -1.74. The molecule has 0 saturated heterocycles. The van der Waals surface area contributed by atoms with Crippen LogP contribution in [0.15, 0.2) is 36.8 Å². The Morgan fingerprint density at radius 1 is 0.750 bits per heavy atom. The van der Waals surface area contributed by atoms with Gasteiger partial charge in [0.1, 0.15) is 6.61 Å². The lowest BCUT2D eigenvalue weighted by Crippen LogP contribution is -2.02. The molecule has 3 heteroatoms. The highest BCUT2D eigenvalue weighted by Crippen LogP contribution is 2.19. The summed E-state index contributed by atoms with van der Waals surface area (Å²) in [5.41, 5.74) is 4.59. The van der Waals surface area contributed by atoms with E-state index in [1.165, 1.54) is 5.56 Å². The smallest absolute Gasteiger partial charge is 0.111 e. The average Bonchev–Trinajstić information content (AvgIpc) is 2.61. The molecule has 0 atom stereocenters. The molecule has 0 radical (unpaired) electrons. The molecule has 0 fully saturated rings. The number of ether oxygens (including phenoxy) is 3. The standard InChI is InChI=1S/C21H32O3/c1-5-7-13-23-16-18(3)20-8-10-21(11-9-20)19(4)17-24-15-14-22-12-6-2/h8-11,16-17H,5-7,12-15H2,1-4H3. The van der Waals surface area contributed by atoms with E-state index in [1.54, 1.807) is 6.26 Å². The highest BCUT2D eigenvalue weighted by atomic mass is 16.5. The maximum absolute atomic E-state index is 5.56. The van der Waals surface area contributed by atoms with Gasteiger partial charge < -0.3 is 14.2 Å². The Kier molecular flexibility index (Phi) is 10.7. The SMILES string of the molecule is CCCCOC=C(C)c1ccc(C(C)=COCCOCCC)cc1. The van der Waals surface area contributed by atoms with Gasteiger partial charge in [-0.1, -0.05) is 44.5 Å². The van der Waals surface area contributed by atoms with Crippen LogP contribution >= 0.6 is 0 Å². The van der Waals surface area contributed by atoms with Crippen molar-refractivity contribution in [3.63, 3.8) is 0 Å². The lowest BCUT2D eigenvalue weighted by Gasteiger charge is -2.07. The molecule has 0 aliphatic heterocycles. The van der Waals surface area contributed by atoms with Gasteiger partial charge in [0.2, 0.25) is 0 Å². The number of hydrogen-bond donors (Lipinski definition) is 0. The van der Waals surface area contributed by atoms with Crippen molar-refractivity contribution in [2.24, 2.45) is 0 Å². The van der Waals surface area contributed by atoms with E-state index in [0.29, 0.717) is 13.2 Å². The van der Waals surface area contributed by atoms with E-state index in [4.69, 9.17) is 14.2 Å². The summed E-state index contributed by atoms with van der Waals surface area (Å²) in [4.78, 5) is 0. The lowest BCUT2D eigenvalue weighted by molar-refractivity contribution is 0.0856. The largest absolute Gasteiger partial charge is 0.501 e. The van der Waals surface area contributed by atoms with E-state index >= 15 is 0 Å². The van der Waals surface area contributed by atoms with Crippen molar-refractivity contribution < 1.29 is 14.2 Å². The second-order valence-corrected chi connectivity index (χ2v) is 5.89. The van der Waals surface area contributed by atoms with E-state index in [-0.39, 0.29) is 0 Å². The molecule has 1 aromatic carbocycles. The summed E-state index contributed by atoms with van der Waals surface area (Å²) in [6.07, 6.45) is 6.95. The van der Waals surface area contributed by atoms with Gasteiger partial charge >= 0.3 is 0 Å². The number of unbranched alkanes of at least 4 members (excludes halogenated alkanes) is 1. The van der Waals surface area contributed by atoms with Gasteiger partial charge in [-0.2, -0.15) is 0 Å². The maximum atomic E-state index is 5.56. The third kappa shape index (κ3) is 8.21. The second-order valence-electron chi connectivity index (χ2n) is 5.89. The monoisotopic (exact) mass is 332 g/mol. The van der Waals surface area contributed by atoms with Gasteiger partial charge in [0.25, 0.3) is 0 Å². The fraction of sp³-hybridized carbons (Fsp3) is 0.524. The van der Waals surface area contributed by atoms with Gasteiger partial charge in [-0.05, 0) is 49.0 Å². The van der Waals surface area contributed by atoms with Crippen molar-refractivity contribution in [2.75, 3.05) is 26.4 Å². The topological polar surface area (TPSA) is 27.7 Å². The summed E-state index contributed by atoms with van der Waals surface area (Å²) in [5, 5.41) is 0. The number of rotatable bonds is 12. The minimum Gasteiger partial charge on any atom is -0.501 e. The average molecular weight is 332 g/mol. The minimum absolute atomic E-state index is 0.590. The van der Waals surface area contributed by atoms with Crippen LogP contribution in [0.2, 0.25) is 0 Å². The highest BCUT2D eigenvalue weighted by molar-refractivity contribution is 5.68. The van der Waals surface area contributed by atoms with E-state index in [2.05, 4.69) is 52.0 Å². The van der Waals surface area contributed by atoms with E-state index in [1.807, 2.05) is 6.26 Å². The van der Waals surface area contributed by atoms with Crippen LogP contribution in [0.4, 0.5) is 0 Å². The van der Waals surface area contributed by atoms with Crippen molar-refractivity contribution >= 4 is 11.1 Å². The Bertz CT molecular complexity index is 500. The lowest BCUT2D eigenvalue weighted by atomic mass is 10.0. The van der Waals surface area contributed by atoms with Crippen molar-refractivity contribution in [3.05, 3.63) is 47.9 Å². The van der Waals surface area contributed by atoms with Gasteiger partial charge in [0.05, 0.1) is 25.7 Å². The Morgan fingerprint density at radius 3 is 1.79 bits per heavy atom. The van der Waals surface area contributed by atoms with Gasteiger partial charge in [-0.15, -0.1) is 0 Å². The van der Waals surface area contributed by atoms with Crippen LogP contribution in [-0.2, 0) is 14.2 Å². The molecular formula is C21H32O3. The summed E-state index contributed by atoms with van der Waals surface area (Å²) in [6.45, 7) is 11.2. The summed E-state index contributed by atoms with van der Waals surface area (Å²) in [5.74, 6) is 0. The molecule has 0 bridgehead atoms. The normalized spacial score (nSPS) is 12.3. The zero-order valence-corrected chi connectivity index (χ0v) is 15.6. The number of benzene rings is 1. The maximum Gasteiger partial charge on any atom is 0.111 e. The van der Waals surface area contributed by atoms with Crippen LogP contribution in [0.25, 0.3) is 11.1 Å². The molecule has 3 nitrogen and oxygen atoms in total. The van der Waals surface area contributed by atoms with E-state index in [0.717, 1.165) is 49.2 Å². The fourth-order valence-corrected chi connectivity index (χ4v) is 2.08. The van der Waals surface area contributed by atoms with E-state index in [9.17, 15) is 0 Å². The first-order valence-corrected chi connectivity index (χ1v) is 8.94. The molecule has 0 saturated carbocycles. The summed E-state index contributed by atoms with van der Waals surface area (Å²) in [7, 11) is 0. The van der Waals surface area contributed by atoms with Crippen LogP contribution in [0.1, 0.15) is 58.1 Å². The predicted molar refractivity (Wildman–Crippen MR) is 102 cm³/mol. The molecule has 134 valence electrons. The minimum atomic E-state index is 0.590. The molecule has 1 aromatic rings. The van der Waals surface area contributed by atoms with Gasteiger partial charge in [-0.3, -0.25) is 0 Å². The second kappa shape index (κ2) is 12.7. The number of allylic oxidation sites excluding steroid dienone is 2. The third-order valence-corrected chi connectivity index (χ3v) is 3.63. The molecule has 0 unspecified atom stereocenters. The zero-order chi connectivity index (χ0) is 17.6. The van der Waals surface area contributed by atoms with Crippen LogP contribution in [0.5, 0.6) is 0 Å². The van der Waals surface area contributed by atoms with Crippen LogP contribution in [-0.4, -0.2) is 26.4 Å². The molecule has 24 heavy (non-hydrogen) atoms. The van der Waals surface area contributed by atoms with Crippen molar-refractivity contribution in [1.82, 2.24) is 0 Å². The van der Waals surface area contributed by atoms with Gasteiger partial charge in [0.15, 0.2) is 0 Å². The summed E-state index contributed by atoms with van der Waals surface area (Å²) >= 11 is 0. The predicted octanol–water partition coefficient (Wildman–Crippen LogP) is 5.67. The Labute approximate surface area is 147 Å². The molecule has 1 rings (SSSR count). The van der Waals surface area contributed by atoms with E-state index < -0.39 is 0 Å². The molecule has 0 aromatic heterocycles. The summed E-state index contributed by atoms with van der Waals surface area (Å²) < 4.78 is 16.5. The molecule has 0 amide bonds. The molecule has 0 aliphatic rings. The quantitative estimate of drug-likeness (QED) is 0.365. The highest BCUT2D eigenvalue weighted by Gasteiger charge is 2.00. The van der Waals surface area contributed by atoms with Crippen LogP contribution in [0, 0.1) is 0 Å². The first kappa shape index (κ1) is 20.3.